The standard InChI is InChI=1S/C10H14ClN5/c1-7-4-9(15(3)8(2)5-11)16-10(14-7)12-6-13-16/h4,6,8H,5H2,1-3H3. The Hall–Kier alpha value is -1.36. The van der Waals surface area contributed by atoms with Crippen molar-refractivity contribution >= 4 is 23.2 Å². The Kier molecular flexibility index (Phi) is 2.96. The minimum Gasteiger partial charge on any atom is -0.356 e. The first-order valence-corrected chi connectivity index (χ1v) is 5.63. The van der Waals surface area contributed by atoms with Gasteiger partial charge in [0.25, 0.3) is 5.78 Å². The monoisotopic (exact) mass is 239 g/mol. The van der Waals surface area contributed by atoms with Gasteiger partial charge in [0, 0.05) is 30.7 Å². The minimum atomic E-state index is 0.232. The molecule has 16 heavy (non-hydrogen) atoms. The van der Waals surface area contributed by atoms with Crippen LogP contribution in [0.25, 0.3) is 5.78 Å². The number of halogens is 1. The highest BCUT2D eigenvalue weighted by Gasteiger charge is 2.14. The molecule has 0 aromatic carbocycles. The lowest BCUT2D eigenvalue weighted by atomic mass is 10.3. The summed E-state index contributed by atoms with van der Waals surface area (Å²) in [6.45, 7) is 4.00. The van der Waals surface area contributed by atoms with Crippen molar-refractivity contribution in [3.05, 3.63) is 18.1 Å². The number of hydrogen-bond acceptors (Lipinski definition) is 4. The first kappa shape index (κ1) is 11.1. The fourth-order valence-electron chi connectivity index (χ4n) is 1.49. The van der Waals surface area contributed by atoms with Gasteiger partial charge in [0.05, 0.1) is 0 Å². The van der Waals surface area contributed by atoms with Gasteiger partial charge in [-0.1, -0.05) is 0 Å². The molecular weight excluding hydrogens is 226 g/mol. The van der Waals surface area contributed by atoms with E-state index in [1.54, 1.807) is 4.52 Å². The average Bonchev–Trinajstić information content (AvgIpc) is 2.73. The lowest BCUT2D eigenvalue weighted by molar-refractivity contribution is 0.726. The predicted octanol–water partition coefficient (Wildman–Crippen LogP) is 1.50. The zero-order chi connectivity index (χ0) is 11.7. The Morgan fingerprint density at radius 3 is 3.00 bits per heavy atom. The molecule has 0 N–H and O–H groups in total. The summed E-state index contributed by atoms with van der Waals surface area (Å²) in [7, 11) is 1.99. The van der Waals surface area contributed by atoms with Crippen LogP contribution in [0.15, 0.2) is 12.4 Å². The van der Waals surface area contributed by atoms with Gasteiger partial charge in [0.15, 0.2) is 0 Å². The summed E-state index contributed by atoms with van der Waals surface area (Å²) < 4.78 is 1.72. The van der Waals surface area contributed by atoms with E-state index >= 15 is 0 Å². The topological polar surface area (TPSA) is 46.3 Å². The van der Waals surface area contributed by atoms with Crippen LogP contribution in [0.2, 0.25) is 0 Å². The highest BCUT2D eigenvalue weighted by atomic mass is 35.5. The van der Waals surface area contributed by atoms with Crippen LogP contribution in [0, 0.1) is 6.92 Å². The first-order chi connectivity index (χ1) is 7.63. The number of rotatable bonds is 3. The average molecular weight is 240 g/mol. The van der Waals surface area contributed by atoms with E-state index in [1.165, 1.54) is 6.33 Å². The molecule has 1 unspecified atom stereocenters. The largest absolute Gasteiger partial charge is 0.356 e. The Morgan fingerprint density at radius 1 is 1.56 bits per heavy atom. The fourth-order valence-corrected chi connectivity index (χ4v) is 1.70. The van der Waals surface area contributed by atoms with Gasteiger partial charge < -0.3 is 4.90 Å². The van der Waals surface area contributed by atoms with Crippen molar-refractivity contribution in [2.75, 3.05) is 17.8 Å². The van der Waals surface area contributed by atoms with Crippen LogP contribution in [-0.4, -0.2) is 38.6 Å². The number of aromatic nitrogens is 4. The number of anilines is 1. The molecule has 0 fully saturated rings. The van der Waals surface area contributed by atoms with Crippen LogP contribution >= 0.6 is 11.6 Å². The van der Waals surface area contributed by atoms with E-state index in [2.05, 4.69) is 26.9 Å². The zero-order valence-corrected chi connectivity index (χ0v) is 10.3. The number of fused-ring (bicyclic) bond motifs is 1. The maximum Gasteiger partial charge on any atom is 0.254 e. The van der Waals surface area contributed by atoms with Crippen molar-refractivity contribution in [2.45, 2.75) is 19.9 Å². The molecule has 0 radical (unpaired) electrons. The van der Waals surface area contributed by atoms with Gasteiger partial charge in [-0.25, -0.2) is 4.98 Å². The molecule has 2 aromatic heterocycles. The lowest BCUT2D eigenvalue weighted by Crippen LogP contribution is -2.32. The maximum absolute atomic E-state index is 5.86. The van der Waals surface area contributed by atoms with Gasteiger partial charge in [-0.2, -0.15) is 14.6 Å². The lowest BCUT2D eigenvalue weighted by Gasteiger charge is -2.25. The Labute approximate surface area is 99.1 Å². The van der Waals surface area contributed by atoms with Crippen LogP contribution in [0.3, 0.4) is 0 Å². The molecule has 1 atom stereocenters. The molecule has 0 saturated carbocycles. The molecule has 2 aromatic rings. The Morgan fingerprint density at radius 2 is 2.31 bits per heavy atom. The number of nitrogens with zero attached hydrogens (tertiary/aromatic N) is 5. The SMILES string of the molecule is Cc1cc(N(C)C(C)CCl)n2ncnc2n1. The van der Waals surface area contributed by atoms with E-state index in [4.69, 9.17) is 11.6 Å². The van der Waals surface area contributed by atoms with Gasteiger partial charge in [0.2, 0.25) is 0 Å². The van der Waals surface area contributed by atoms with Crippen LogP contribution < -0.4 is 4.90 Å². The third-order valence-corrected chi connectivity index (χ3v) is 3.05. The second-order valence-electron chi connectivity index (χ2n) is 3.84. The molecule has 86 valence electrons. The molecule has 0 amide bonds. The molecule has 2 rings (SSSR count). The molecule has 0 bridgehead atoms. The van der Waals surface area contributed by atoms with Crippen LogP contribution in [0.1, 0.15) is 12.6 Å². The molecule has 0 saturated heterocycles. The van der Waals surface area contributed by atoms with Gasteiger partial charge in [0.1, 0.15) is 12.1 Å². The van der Waals surface area contributed by atoms with Gasteiger partial charge in [-0.05, 0) is 13.8 Å². The quantitative estimate of drug-likeness (QED) is 0.762. The molecule has 5 nitrogen and oxygen atoms in total. The van der Waals surface area contributed by atoms with E-state index < -0.39 is 0 Å². The van der Waals surface area contributed by atoms with Crippen LogP contribution in [0.5, 0.6) is 0 Å². The van der Waals surface area contributed by atoms with Gasteiger partial charge >= 0.3 is 0 Å². The highest BCUT2D eigenvalue weighted by Crippen LogP contribution is 2.16. The second kappa shape index (κ2) is 4.25. The van der Waals surface area contributed by atoms with Crippen molar-refractivity contribution in [1.29, 1.82) is 0 Å². The van der Waals surface area contributed by atoms with E-state index in [9.17, 15) is 0 Å². The molecule has 0 aliphatic carbocycles. The third-order valence-electron chi connectivity index (χ3n) is 2.61. The molecule has 0 spiro atoms. The predicted molar refractivity (Wildman–Crippen MR) is 64.1 cm³/mol. The van der Waals surface area contributed by atoms with Crippen molar-refractivity contribution in [3.8, 4) is 0 Å². The van der Waals surface area contributed by atoms with Crippen molar-refractivity contribution in [1.82, 2.24) is 19.6 Å². The van der Waals surface area contributed by atoms with Crippen molar-refractivity contribution < 1.29 is 0 Å². The highest BCUT2D eigenvalue weighted by molar-refractivity contribution is 6.18. The number of aryl methyl sites for hydroxylation is 1. The normalized spacial score (nSPS) is 13.0. The summed E-state index contributed by atoms with van der Waals surface area (Å²) >= 11 is 5.86. The summed E-state index contributed by atoms with van der Waals surface area (Å²) in [6, 6.07) is 2.21. The smallest absolute Gasteiger partial charge is 0.254 e. The number of hydrogen-bond donors (Lipinski definition) is 0. The molecule has 0 aliphatic heterocycles. The number of alkyl halides is 1. The summed E-state index contributed by atoms with van der Waals surface area (Å²) in [5.41, 5.74) is 0.920. The van der Waals surface area contributed by atoms with E-state index in [0.29, 0.717) is 11.7 Å². The second-order valence-corrected chi connectivity index (χ2v) is 4.15. The summed E-state index contributed by atoms with van der Waals surface area (Å²) in [6.07, 6.45) is 1.50. The summed E-state index contributed by atoms with van der Waals surface area (Å²) in [4.78, 5) is 10.5. The van der Waals surface area contributed by atoms with E-state index in [-0.39, 0.29) is 6.04 Å². The van der Waals surface area contributed by atoms with E-state index in [1.807, 2.05) is 20.0 Å². The van der Waals surface area contributed by atoms with Crippen LogP contribution in [-0.2, 0) is 0 Å². The minimum absolute atomic E-state index is 0.232. The Bertz CT molecular complexity index is 495. The molecular formula is C10H14ClN5. The first-order valence-electron chi connectivity index (χ1n) is 5.09. The van der Waals surface area contributed by atoms with Gasteiger partial charge in [-0.15, -0.1) is 11.6 Å². The van der Waals surface area contributed by atoms with Gasteiger partial charge in [-0.3, -0.25) is 0 Å². The maximum atomic E-state index is 5.86. The van der Waals surface area contributed by atoms with Crippen LogP contribution in [0.4, 0.5) is 5.82 Å². The third kappa shape index (κ3) is 1.82. The molecule has 0 aliphatic rings. The Balaban J connectivity index is 2.53. The summed E-state index contributed by atoms with van der Waals surface area (Å²) in [5, 5.41) is 4.16. The molecule has 6 heteroatoms. The summed E-state index contributed by atoms with van der Waals surface area (Å²) in [5.74, 6) is 2.13. The fraction of sp³-hybridized carbons (Fsp3) is 0.500. The van der Waals surface area contributed by atoms with Crippen molar-refractivity contribution in [2.24, 2.45) is 0 Å². The van der Waals surface area contributed by atoms with E-state index in [0.717, 1.165) is 11.5 Å². The molecule has 2 heterocycles. The zero-order valence-electron chi connectivity index (χ0n) is 9.55. The van der Waals surface area contributed by atoms with Crippen molar-refractivity contribution in [3.63, 3.8) is 0 Å².